The number of fused-ring (bicyclic) bond motifs is 1. The quantitative estimate of drug-likeness (QED) is 0.861. The van der Waals surface area contributed by atoms with Gasteiger partial charge in [-0.15, -0.1) is 0 Å². The van der Waals surface area contributed by atoms with Gasteiger partial charge in [-0.25, -0.2) is 0 Å². The average molecular weight is 276 g/mol. The van der Waals surface area contributed by atoms with Crippen molar-refractivity contribution in [2.75, 3.05) is 13.6 Å². The Morgan fingerprint density at radius 1 is 1.32 bits per heavy atom. The van der Waals surface area contributed by atoms with Crippen LogP contribution in [0.25, 0.3) is 10.1 Å². The maximum absolute atomic E-state index is 12.2. The first kappa shape index (κ1) is 12.9. The number of hydrogen-bond acceptors (Lipinski definition) is 3. The van der Waals surface area contributed by atoms with Gasteiger partial charge in [0.05, 0.1) is 10.1 Å². The smallest absolute Gasteiger partial charge is 0.268 e. The third-order valence-electron chi connectivity index (χ3n) is 4.14. The summed E-state index contributed by atoms with van der Waals surface area (Å²) in [6.07, 6.45) is 5.01. The molecule has 0 amide bonds. The summed E-state index contributed by atoms with van der Waals surface area (Å²) in [5, 5.41) is 0.865. The molecular formula is C15H20N2OS. The second kappa shape index (κ2) is 5.47. The first-order valence-electron chi connectivity index (χ1n) is 7.05. The fourth-order valence-corrected chi connectivity index (χ4v) is 3.95. The van der Waals surface area contributed by atoms with Crippen LogP contribution in [0, 0.1) is 0 Å². The highest BCUT2D eigenvalue weighted by Crippen LogP contribution is 2.20. The van der Waals surface area contributed by atoms with Crippen LogP contribution in [0.2, 0.25) is 0 Å². The van der Waals surface area contributed by atoms with E-state index in [1.54, 1.807) is 11.5 Å². The van der Waals surface area contributed by atoms with Crippen LogP contribution < -0.4 is 5.56 Å². The minimum Gasteiger partial charge on any atom is -0.303 e. The highest BCUT2D eigenvalue weighted by molar-refractivity contribution is 7.13. The molecule has 102 valence electrons. The summed E-state index contributed by atoms with van der Waals surface area (Å²) >= 11 is 1.60. The van der Waals surface area contributed by atoms with Gasteiger partial charge >= 0.3 is 0 Å². The predicted octanol–water partition coefficient (Wildman–Crippen LogP) is 2.94. The Labute approximate surface area is 117 Å². The topological polar surface area (TPSA) is 25.2 Å². The van der Waals surface area contributed by atoms with E-state index in [9.17, 15) is 4.79 Å². The van der Waals surface area contributed by atoms with Crippen molar-refractivity contribution in [2.24, 2.45) is 0 Å². The summed E-state index contributed by atoms with van der Waals surface area (Å²) in [5.41, 5.74) is 0.180. The number of rotatable bonds is 3. The Bertz CT molecular complexity index is 616. The lowest BCUT2D eigenvalue weighted by Gasteiger charge is -2.32. The Morgan fingerprint density at radius 2 is 2.16 bits per heavy atom. The zero-order chi connectivity index (χ0) is 13.2. The largest absolute Gasteiger partial charge is 0.303 e. The summed E-state index contributed by atoms with van der Waals surface area (Å²) < 4.78 is 3.03. The molecule has 2 aromatic rings. The number of hydrogen-bond donors (Lipinski definition) is 0. The molecule has 0 radical (unpaired) electrons. The van der Waals surface area contributed by atoms with E-state index in [4.69, 9.17) is 0 Å². The Hall–Kier alpha value is -1.13. The number of nitrogens with zero attached hydrogens (tertiary/aromatic N) is 2. The van der Waals surface area contributed by atoms with Crippen molar-refractivity contribution < 1.29 is 0 Å². The van der Waals surface area contributed by atoms with Gasteiger partial charge in [-0.3, -0.25) is 8.75 Å². The van der Waals surface area contributed by atoms with E-state index in [0.717, 1.165) is 23.1 Å². The van der Waals surface area contributed by atoms with Crippen molar-refractivity contribution in [3.05, 3.63) is 34.6 Å². The molecular weight excluding hydrogens is 256 g/mol. The molecule has 3 nitrogen and oxygen atoms in total. The number of likely N-dealkylation sites (tertiary alicyclic amines) is 1. The molecule has 1 aromatic heterocycles. The normalized spacial score (nSPS) is 21.0. The molecule has 1 aromatic carbocycles. The predicted molar refractivity (Wildman–Crippen MR) is 81.0 cm³/mol. The lowest BCUT2D eigenvalue weighted by atomic mass is 10.0. The fourth-order valence-electron chi connectivity index (χ4n) is 2.94. The molecule has 1 aliphatic heterocycles. The highest BCUT2D eigenvalue weighted by atomic mass is 32.1. The van der Waals surface area contributed by atoms with Gasteiger partial charge in [0.15, 0.2) is 0 Å². The molecule has 1 fully saturated rings. The maximum atomic E-state index is 12.2. The zero-order valence-electron chi connectivity index (χ0n) is 11.3. The average Bonchev–Trinajstić information content (AvgIpc) is 2.75. The van der Waals surface area contributed by atoms with Gasteiger partial charge in [0.2, 0.25) is 0 Å². The molecule has 2 heterocycles. The van der Waals surface area contributed by atoms with Gasteiger partial charge in [0.1, 0.15) is 0 Å². The number of piperidine rings is 1. The fraction of sp³-hybridized carbons (Fsp3) is 0.533. The Balaban J connectivity index is 1.75. The lowest BCUT2D eigenvalue weighted by Crippen LogP contribution is -2.37. The van der Waals surface area contributed by atoms with Crippen molar-refractivity contribution in [2.45, 2.75) is 38.3 Å². The van der Waals surface area contributed by atoms with Crippen molar-refractivity contribution in [1.29, 1.82) is 0 Å². The Kier molecular flexibility index (Phi) is 3.71. The molecule has 1 atom stereocenters. The van der Waals surface area contributed by atoms with Gasteiger partial charge in [-0.2, -0.15) is 0 Å². The first-order valence-corrected chi connectivity index (χ1v) is 7.82. The molecule has 0 bridgehead atoms. The van der Waals surface area contributed by atoms with Crippen LogP contribution in [0.15, 0.2) is 29.1 Å². The van der Waals surface area contributed by atoms with Crippen LogP contribution in [-0.2, 0) is 6.54 Å². The molecule has 0 spiro atoms. The van der Waals surface area contributed by atoms with E-state index in [2.05, 4.69) is 11.9 Å². The molecule has 0 N–H and O–H groups in total. The van der Waals surface area contributed by atoms with E-state index < -0.39 is 0 Å². The van der Waals surface area contributed by atoms with E-state index >= 15 is 0 Å². The summed E-state index contributed by atoms with van der Waals surface area (Å²) in [6, 6.07) is 8.54. The summed E-state index contributed by atoms with van der Waals surface area (Å²) in [5.74, 6) is 0. The monoisotopic (exact) mass is 276 g/mol. The van der Waals surface area contributed by atoms with E-state index in [1.807, 2.05) is 28.2 Å². The summed E-state index contributed by atoms with van der Waals surface area (Å²) in [4.78, 5) is 14.7. The van der Waals surface area contributed by atoms with E-state index in [1.165, 1.54) is 25.8 Å². The van der Waals surface area contributed by atoms with Crippen LogP contribution in [0.5, 0.6) is 0 Å². The molecule has 0 aliphatic carbocycles. The second-order valence-electron chi connectivity index (χ2n) is 5.41. The first-order chi connectivity index (χ1) is 9.25. The summed E-state index contributed by atoms with van der Waals surface area (Å²) in [7, 11) is 2.21. The van der Waals surface area contributed by atoms with Gasteiger partial charge in [-0.1, -0.05) is 30.1 Å². The van der Waals surface area contributed by atoms with Crippen LogP contribution in [-0.4, -0.2) is 28.5 Å². The number of benzene rings is 1. The molecule has 19 heavy (non-hydrogen) atoms. The van der Waals surface area contributed by atoms with Crippen LogP contribution in [0.4, 0.5) is 0 Å². The third kappa shape index (κ3) is 2.60. The van der Waals surface area contributed by atoms with Crippen LogP contribution in [0.3, 0.4) is 0 Å². The molecule has 1 unspecified atom stereocenters. The maximum Gasteiger partial charge on any atom is 0.268 e. The highest BCUT2D eigenvalue weighted by Gasteiger charge is 2.19. The minimum atomic E-state index is 0.180. The molecule has 3 rings (SSSR count). The van der Waals surface area contributed by atoms with Crippen molar-refractivity contribution in [3.63, 3.8) is 0 Å². The molecule has 1 saturated heterocycles. The molecule has 1 aliphatic rings. The number of aryl methyl sites for hydroxylation is 1. The third-order valence-corrected chi connectivity index (χ3v) is 5.26. The van der Waals surface area contributed by atoms with Gasteiger partial charge in [0.25, 0.3) is 5.56 Å². The van der Waals surface area contributed by atoms with Gasteiger partial charge in [-0.05, 0) is 45.0 Å². The van der Waals surface area contributed by atoms with Gasteiger partial charge < -0.3 is 4.90 Å². The number of aromatic nitrogens is 1. The zero-order valence-corrected chi connectivity index (χ0v) is 12.2. The van der Waals surface area contributed by atoms with Crippen LogP contribution in [0.1, 0.15) is 25.7 Å². The molecule has 0 saturated carbocycles. The SMILES string of the molecule is CN1CCCCC1CCn1sc2ccccc2c1=O. The molecule has 4 heteroatoms. The van der Waals surface area contributed by atoms with Crippen LogP contribution >= 0.6 is 11.5 Å². The lowest BCUT2D eigenvalue weighted by molar-refractivity contribution is 0.172. The summed E-state index contributed by atoms with van der Waals surface area (Å²) in [6.45, 7) is 2.05. The van der Waals surface area contributed by atoms with E-state index in [-0.39, 0.29) is 5.56 Å². The van der Waals surface area contributed by atoms with Crippen molar-refractivity contribution >= 4 is 21.6 Å². The van der Waals surface area contributed by atoms with Crippen molar-refractivity contribution in [1.82, 2.24) is 8.86 Å². The minimum absolute atomic E-state index is 0.180. The van der Waals surface area contributed by atoms with E-state index in [0.29, 0.717) is 6.04 Å². The standard InChI is InChI=1S/C15H20N2OS/c1-16-10-5-4-6-12(16)9-11-17-15(18)13-7-2-3-8-14(13)19-17/h2-3,7-8,12H,4-6,9-11H2,1H3. The Morgan fingerprint density at radius 3 is 2.95 bits per heavy atom. The second-order valence-corrected chi connectivity index (χ2v) is 6.48. The van der Waals surface area contributed by atoms with Gasteiger partial charge in [0, 0.05) is 12.6 Å². The van der Waals surface area contributed by atoms with Crippen molar-refractivity contribution in [3.8, 4) is 0 Å².